The second-order valence-electron chi connectivity index (χ2n) is 4.94. The molecule has 0 radical (unpaired) electrons. The average molecular weight is 306 g/mol. The number of benzene rings is 1. The van der Waals surface area contributed by atoms with Gasteiger partial charge in [0, 0.05) is 23.7 Å². The van der Waals surface area contributed by atoms with Crippen molar-refractivity contribution in [2.45, 2.75) is 33.4 Å². The monoisotopic (exact) mass is 306 g/mol. The minimum absolute atomic E-state index is 0.464. The molecule has 0 saturated heterocycles. The van der Waals surface area contributed by atoms with E-state index in [2.05, 4.69) is 24.1 Å². The van der Waals surface area contributed by atoms with Crippen LogP contribution in [-0.4, -0.2) is 24.7 Å². The van der Waals surface area contributed by atoms with Gasteiger partial charge in [0.25, 0.3) is 0 Å². The van der Waals surface area contributed by atoms with Gasteiger partial charge in [-0.2, -0.15) is 0 Å². The van der Waals surface area contributed by atoms with Crippen molar-refractivity contribution in [3.05, 3.63) is 29.3 Å². The number of nitrogens with zero attached hydrogens (tertiary/aromatic N) is 1. The van der Waals surface area contributed by atoms with Crippen LogP contribution in [0.15, 0.2) is 24.4 Å². The van der Waals surface area contributed by atoms with E-state index in [-0.39, 0.29) is 0 Å². The summed E-state index contributed by atoms with van der Waals surface area (Å²) >= 11 is 1.68. The third kappa shape index (κ3) is 3.95. The summed E-state index contributed by atoms with van der Waals surface area (Å²) in [5.74, 6) is 1.51. The van der Waals surface area contributed by atoms with Crippen molar-refractivity contribution >= 4 is 11.3 Å². The van der Waals surface area contributed by atoms with Crippen LogP contribution in [0, 0.1) is 0 Å². The highest BCUT2D eigenvalue weighted by molar-refractivity contribution is 7.15. The molecule has 4 nitrogen and oxygen atoms in total. The second kappa shape index (κ2) is 7.43. The van der Waals surface area contributed by atoms with Gasteiger partial charge in [-0.15, -0.1) is 11.3 Å². The SMILES string of the molecule is CCOc1c(OC)cccc1-c1ncc(CNC(C)C)s1. The fraction of sp³-hybridized carbons (Fsp3) is 0.438. The van der Waals surface area contributed by atoms with Crippen molar-refractivity contribution in [2.24, 2.45) is 0 Å². The van der Waals surface area contributed by atoms with Crippen molar-refractivity contribution in [2.75, 3.05) is 13.7 Å². The number of hydrogen-bond donors (Lipinski definition) is 1. The van der Waals surface area contributed by atoms with Gasteiger partial charge < -0.3 is 14.8 Å². The number of hydrogen-bond acceptors (Lipinski definition) is 5. The standard InChI is InChI=1S/C16H22N2O2S/c1-5-20-15-13(7-6-8-14(15)19-4)16-18-10-12(21-16)9-17-11(2)3/h6-8,10-11,17H,5,9H2,1-4H3. The zero-order valence-corrected chi connectivity index (χ0v) is 13.8. The third-order valence-electron chi connectivity index (χ3n) is 2.96. The fourth-order valence-corrected chi connectivity index (χ4v) is 2.84. The summed E-state index contributed by atoms with van der Waals surface area (Å²) in [6, 6.07) is 6.35. The molecular weight excluding hydrogens is 284 g/mol. The molecule has 0 aliphatic heterocycles. The smallest absolute Gasteiger partial charge is 0.171 e. The summed E-state index contributed by atoms with van der Waals surface area (Å²) in [7, 11) is 1.65. The maximum atomic E-state index is 5.75. The Labute approximate surface area is 130 Å². The highest BCUT2D eigenvalue weighted by Crippen LogP contribution is 2.39. The number of ether oxygens (including phenoxy) is 2. The van der Waals surface area contributed by atoms with Crippen LogP contribution in [-0.2, 0) is 6.54 Å². The van der Waals surface area contributed by atoms with Crippen LogP contribution in [0.25, 0.3) is 10.6 Å². The molecule has 0 fully saturated rings. The molecule has 0 atom stereocenters. The molecule has 0 bridgehead atoms. The quantitative estimate of drug-likeness (QED) is 0.847. The van der Waals surface area contributed by atoms with Gasteiger partial charge in [-0.1, -0.05) is 19.9 Å². The molecular formula is C16H22N2O2S. The first-order chi connectivity index (χ1) is 10.2. The van der Waals surface area contributed by atoms with Gasteiger partial charge in [0.15, 0.2) is 11.5 Å². The largest absolute Gasteiger partial charge is 0.493 e. The molecule has 0 amide bonds. The lowest BCUT2D eigenvalue weighted by Crippen LogP contribution is -2.21. The number of aromatic nitrogens is 1. The molecule has 5 heteroatoms. The Morgan fingerprint density at radius 1 is 1.33 bits per heavy atom. The summed E-state index contributed by atoms with van der Waals surface area (Å²) < 4.78 is 11.1. The zero-order chi connectivity index (χ0) is 15.2. The summed E-state index contributed by atoms with van der Waals surface area (Å²) in [6.45, 7) is 7.67. The second-order valence-corrected chi connectivity index (χ2v) is 6.05. The molecule has 0 unspecified atom stereocenters. The first-order valence-corrected chi connectivity index (χ1v) is 7.95. The number of methoxy groups -OCH3 is 1. The maximum absolute atomic E-state index is 5.75. The summed E-state index contributed by atoms with van der Waals surface area (Å²) in [5, 5.41) is 4.36. The highest BCUT2D eigenvalue weighted by atomic mass is 32.1. The topological polar surface area (TPSA) is 43.4 Å². The van der Waals surface area contributed by atoms with E-state index >= 15 is 0 Å². The van der Waals surface area contributed by atoms with Gasteiger partial charge in [-0.3, -0.25) is 0 Å². The van der Waals surface area contributed by atoms with E-state index in [1.54, 1.807) is 18.4 Å². The molecule has 1 N–H and O–H groups in total. The van der Waals surface area contributed by atoms with Gasteiger partial charge in [0.1, 0.15) is 5.01 Å². The number of thiazole rings is 1. The molecule has 1 aromatic heterocycles. The van der Waals surface area contributed by atoms with Crippen LogP contribution in [0.4, 0.5) is 0 Å². The van der Waals surface area contributed by atoms with E-state index in [0.29, 0.717) is 12.6 Å². The van der Waals surface area contributed by atoms with E-state index in [9.17, 15) is 0 Å². The number of para-hydroxylation sites is 1. The van der Waals surface area contributed by atoms with Gasteiger partial charge in [0.2, 0.25) is 0 Å². The van der Waals surface area contributed by atoms with E-state index < -0.39 is 0 Å². The lowest BCUT2D eigenvalue weighted by Gasteiger charge is -2.12. The lowest BCUT2D eigenvalue weighted by atomic mass is 10.2. The summed E-state index contributed by atoms with van der Waals surface area (Å²) in [5.41, 5.74) is 0.983. The van der Waals surface area contributed by atoms with Crippen LogP contribution < -0.4 is 14.8 Å². The fourth-order valence-electron chi connectivity index (χ4n) is 1.96. The van der Waals surface area contributed by atoms with E-state index in [0.717, 1.165) is 28.6 Å². The molecule has 0 aliphatic rings. The van der Waals surface area contributed by atoms with Crippen molar-refractivity contribution < 1.29 is 9.47 Å². The van der Waals surface area contributed by atoms with Gasteiger partial charge in [-0.25, -0.2) is 4.98 Å². The zero-order valence-electron chi connectivity index (χ0n) is 13.0. The van der Waals surface area contributed by atoms with Crippen molar-refractivity contribution in [1.82, 2.24) is 10.3 Å². The minimum Gasteiger partial charge on any atom is -0.493 e. The molecule has 2 rings (SSSR count). The molecule has 0 saturated carbocycles. The molecule has 0 spiro atoms. The van der Waals surface area contributed by atoms with Crippen LogP contribution in [0.5, 0.6) is 11.5 Å². The molecule has 0 aliphatic carbocycles. The molecule has 114 valence electrons. The summed E-state index contributed by atoms with van der Waals surface area (Å²) in [6.07, 6.45) is 1.92. The predicted octanol–water partition coefficient (Wildman–Crippen LogP) is 3.72. The first-order valence-electron chi connectivity index (χ1n) is 7.14. The molecule has 21 heavy (non-hydrogen) atoms. The third-order valence-corrected chi connectivity index (χ3v) is 3.99. The first kappa shape index (κ1) is 15.8. The Morgan fingerprint density at radius 3 is 2.81 bits per heavy atom. The van der Waals surface area contributed by atoms with Crippen LogP contribution in [0.3, 0.4) is 0 Å². The lowest BCUT2D eigenvalue weighted by molar-refractivity contribution is 0.312. The summed E-state index contributed by atoms with van der Waals surface area (Å²) in [4.78, 5) is 5.74. The van der Waals surface area contributed by atoms with Gasteiger partial charge in [0.05, 0.1) is 19.3 Å². The van der Waals surface area contributed by atoms with Crippen LogP contribution in [0.2, 0.25) is 0 Å². The highest BCUT2D eigenvalue weighted by Gasteiger charge is 2.15. The van der Waals surface area contributed by atoms with Gasteiger partial charge in [-0.05, 0) is 19.1 Å². The molecule has 2 aromatic rings. The van der Waals surface area contributed by atoms with Crippen LogP contribution in [0.1, 0.15) is 25.6 Å². The Bertz CT molecular complexity index is 581. The molecule has 1 heterocycles. The molecule has 1 aromatic carbocycles. The van der Waals surface area contributed by atoms with Crippen LogP contribution >= 0.6 is 11.3 Å². The van der Waals surface area contributed by atoms with Gasteiger partial charge >= 0.3 is 0 Å². The Morgan fingerprint density at radius 2 is 2.14 bits per heavy atom. The van der Waals surface area contributed by atoms with E-state index in [1.165, 1.54) is 4.88 Å². The normalized spacial score (nSPS) is 10.9. The Balaban J connectivity index is 2.29. The Hall–Kier alpha value is -1.59. The minimum atomic E-state index is 0.464. The van der Waals surface area contributed by atoms with Crippen molar-refractivity contribution in [3.8, 4) is 22.1 Å². The number of rotatable bonds is 7. The maximum Gasteiger partial charge on any atom is 0.171 e. The average Bonchev–Trinajstić information content (AvgIpc) is 2.94. The van der Waals surface area contributed by atoms with E-state index in [1.807, 2.05) is 31.3 Å². The van der Waals surface area contributed by atoms with E-state index in [4.69, 9.17) is 9.47 Å². The van der Waals surface area contributed by atoms with Crippen molar-refractivity contribution in [1.29, 1.82) is 0 Å². The Kier molecular flexibility index (Phi) is 5.59. The van der Waals surface area contributed by atoms with Crippen molar-refractivity contribution in [3.63, 3.8) is 0 Å². The predicted molar refractivity (Wildman–Crippen MR) is 87.2 cm³/mol. The number of nitrogens with one attached hydrogen (secondary N) is 1.